The molecule has 2 N–H and O–H groups in total. The van der Waals surface area contributed by atoms with Gasteiger partial charge in [0.25, 0.3) is 0 Å². The Morgan fingerprint density at radius 1 is 1.38 bits per heavy atom. The first kappa shape index (κ1) is 26.1. The summed E-state index contributed by atoms with van der Waals surface area (Å²) in [6.07, 6.45) is -2.33. The molecule has 2 rings (SSSR count). The van der Waals surface area contributed by atoms with Crippen molar-refractivity contribution in [3.8, 4) is 11.4 Å². The fourth-order valence-corrected chi connectivity index (χ4v) is 4.09. The number of sulfone groups is 1. The zero-order valence-electron chi connectivity index (χ0n) is 16.5. The first-order valence-corrected chi connectivity index (χ1v) is 12.9. The van der Waals surface area contributed by atoms with E-state index in [1.54, 1.807) is 6.26 Å². The molecule has 2 aromatic rings. The largest absolute Gasteiger partial charge is 0.453 e. The van der Waals surface area contributed by atoms with Gasteiger partial charge >= 0.3 is 12.1 Å². The molecule has 1 heterocycles. The molecule has 8 nitrogen and oxygen atoms in total. The maximum atomic E-state index is 13.0. The van der Waals surface area contributed by atoms with Gasteiger partial charge in [0.15, 0.2) is 26.4 Å². The number of allylic oxidation sites excluding steroid dienone is 1. The van der Waals surface area contributed by atoms with Gasteiger partial charge in [0, 0.05) is 11.8 Å². The summed E-state index contributed by atoms with van der Waals surface area (Å²) in [7, 11) is -3.51. The molecule has 0 unspecified atom stereocenters. The van der Waals surface area contributed by atoms with Crippen molar-refractivity contribution in [2.24, 2.45) is 0 Å². The highest BCUT2D eigenvalue weighted by Crippen LogP contribution is 2.30. The van der Waals surface area contributed by atoms with Crippen LogP contribution < -0.4 is 5.32 Å². The second kappa shape index (κ2) is 10.6. The van der Waals surface area contributed by atoms with Gasteiger partial charge in [0.1, 0.15) is 12.5 Å². The number of esters is 1. The minimum Gasteiger partial charge on any atom is -0.453 e. The van der Waals surface area contributed by atoms with Crippen molar-refractivity contribution >= 4 is 62.1 Å². The minimum atomic E-state index is -5.04. The topological polar surface area (TPSA) is 122 Å². The lowest BCUT2D eigenvalue weighted by Gasteiger charge is -2.13. The Morgan fingerprint density at radius 2 is 2.06 bits per heavy atom. The van der Waals surface area contributed by atoms with Gasteiger partial charge in [-0.1, -0.05) is 23.7 Å². The Bertz CT molecular complexity index is 1150. The number of nitrogens with one attached hydrogen (secondary N) is 2. The normalized spacial score (nSPS) is 12.8. The van der Waals surface area contributed by atoms with E-state index >= 15 is 0 Å². The van der Waals surface area contributed by atoms with Crippen molar-refractivity contribution in [2.45, 2.75) is 11.1 Å². The molecule has 0 saturated carbocycles. The first-order chi connectivity index (χ1) is 14.8. The highest BCUT2D eigenvalue weighted by atomic mass is 35.5. The van der Waals surface area contributed by atoms with Crippen LogP contribution >= 0.6 is 34.9 Å². The minimum absolute atomic E-state index is 0.00802. The first-order valence-electron chi connectivity index (χ1n) is 8.43. The van der Waals surface area contributed by atoms with Gasteiger partial charge in [-0.2, -0.15) is 17.5 Å². The number of ether oxygens (including phenoxy) is 1. The fourth-order valence-electron chi connectivity index (χ4n) is 2.14. The van der Waals surface area contributed by atoms with E-state index in [9.17, 15) is 26.4 Å². The SMILES string of the molecule is CSCOC(=O)CN/C(=C(/Cl)C(=N)C(F)(F)F)c1nc(-c2cccc(S(C)(=O)=O)c2)ns1. The molecule has 0 amide bonds. The quantitative estimate of drug-likeness (QED) is 0.288. The Morgan fingerprint density at radius 3 is 2.66 bits per heavy atom. The van der Waals surface area contributed by atoms with Crippen LogP contribution in [0.2, 0.25) is 0 Å². The second-order valence-corrected chi connectivity index (χ2v) is 10.0. The lowest BCUT2D eigenvalue weighted by molar-refractivity contribution is -0.140. The van der Waals surface area contributed by atoms with E-state index in [4.69, 9.17) is 21.7 Å². The number of hydrogen-bond donors (Lipinski definition) is 2. The molecule has 0 saturated heterocycles. The van der Waals surface area contributed by atoms with Crippen molar-refractivity contribution in [3.05, 3.63) is 34.3 Å². The molecular weight excluding hydrogens is 513 g/mol. The van der Waals surface area contributed by atoms with Crippen molar-refractivity contribution in [3.63, 3.8) is 0 Å². The molecule has 32 heavy (non-hydrogen) atoms. The Hall–Kier alpha value is -2.16. The van der Waals surface area contributed by atoms with E-state index in [1.807, 2.05) is 0 Å². The lowest BCUT2D eigenvalue weighted by Crippen LogP contribution is -2.28. The third kappa shape index (κ3) is 6.92. The summed E-state index contributed by atoms with van der Waals surface area (Å²) >= 11 is 7.70. The van der Waals surface area contributed by atoms with Crippen LogP contribution in [0.5, 0.6) is 0 Å². The van der Waals surface area contributed by atoms with E-state index in [1.165, 1.54) is 36.0 Å². The monoisotopic (exact) mass is 528 g/mol. The van der Waals surface area contributed by atoms with Crippen LogP contribution in [-0.4, -0.2) is 60.6 Å². The van der Waals surface area contributed by atoms with Crippen molar-refractivity contribution in [1.29, 1.82) is 5.41 Å². The molecule has 0 bridgehead atoms. The van der Waals surface area contributed by atoms with Crippen LogP contribution in [0.15, 0.2) is 34.2 Å². The summed E-state index contributed by atoms with van der Waals surface area (Å²) < 4.78 is 71.4. The molecule has 0 spiro atoms. The van der Waals surface area contributed by atoms with Gasteiger partial charge < -0.3 is 10.1 Å². The average molecular weight is 529 g/mol. The maximum Gasteiger partial charge on any atom is 0.434 e. The molecule has 0 aliphatic heterocycles. The van der Waals surface area contributed by atoms with Crippen LogP contribution in [0.3, 0.4) is 0 Å². The lowest BCUT2D eigenvalue weighted by atomic mass is 10.2. The van der Waals surface area contributed by atoms with Crippen LogP contribution in [0.1, 0.15) is 5.01 Å². The molecule has 1 aromatic carbocycles. The predicted molar refractivity (Wildman–Crippen MR) is 117 cm³/mol. The number of alkyl halides is 3. The number of hydrogen-bond acceptors (Lipinski definition) is 10. The predicted octanol–water partition coefficient (Wildman–Crippen LogP) is 3.55. The molecule has 1 aromatic heterocycles. The number of nitrogens with zero attached hydrogens (tertiary/aromatic N) is 2. The number of carbonyl (C=O) groups is 1. The van der Waals surface area contributed by atoms with Gasteiger partial charge in [-0.05, 0) is 29.9 Å². The summed E-state index contributed by atoms with van der Waals surface area (Å²) in [6, 6.07) is 5.68. The molecule has 0 aliphatic rings. The molecule has 0 aliphatic carbocycles. The zero-order chi connectivity index (χ0) is 24.1. The van der Waals surface area contributed by atoms with E-state index < -0.39 is 45.0 Å². The van der Waals surface area contributed by atoms with Crippen molar-refractivity contribution in [2.75, 3.05) is 25.0 Å². The summed E-state index contributed by atoms with van der Waals surface area (Å²) in [5.74, 6) is -0.682. The Kier molecular flexibility index (Phi) is 8.67. The molecule has 0 atom stereocenters. The van der Waals surface area contributed by atoms with Gasteiger partial charge in [-0.3, -0.25) is 10.2 Å². The molecule has 15 heteroatoms. The van der Waals surface area contributed by atoms with Gasteiger partial charge in [0.2, 0.25) is 0 Å². The number of rotatable bonds is 9. The third-order valence-electron chi connectivity index (χ3n) is 3.63. The summed E-state index contributed by atoms with van der Waals surface area (Å²) in [5.41, 5.74) is -1.97. The number of benzene rings is 1. The average Bonchev–Trinajstić information content (AvgIpc) is 3.20. The van der Waals surface area contributed by atoms with Gasteiger partial charge in [0.05, 0.1) is 15.6 Å². The number of carbonyl (C=O) groups excluding carboxylic acids is 1. The van der Waals surface area contributed by atoms with E-state index in [0.717, 1.165) is 6.26 Å². The summed E-state index contributed by atoms with van der Waals surface area (Å²) in [4.78, 5) is 15.9. The number of aromatic nitrogens is 2. The highest BCUT2D eigenvalue weighted by Gasteiger charge is 2.38. The number of thioether (sulfide) groups is 1. The summed E-state index contributed by atoms with van der Waals surface area (Å²) in [5, 5.41) is 8.59. The van der Waals surface area contributed by atoms with Gasteiger partial charge in [-0.25, -0.2) is 13.4 Å². The molecule has 0 fully saturated rings. The molecule has 0 radical (unpaired) electrons. The van der Waals surface area contributed by atoms with Crippen LogP contribution in [-0.2, 0) is 19.4 Å². The Balaban J connectivity index is 2.44. The van der Waals surface area contributed by atoms with E-state index in [0.29, 0.717) is 17.1 Å². The number of halogens is 4. The van der Waals surface area contributed by atoms with E-state index in [-0.39, 0.29) is 21.7 Å². The van der Waals surface area contributed by atoms with Crippen LogP contribution in [0, 0.1) is 5.41 Å². The van der Waals surface area contributed by atoms with E-state index in [2.05, 4.69) is 14.7 Å². The van der Waals surface area contributed by atoms with Gasteiger partial charge in [-0.15, -0.1) is 11.8 Å². The van der Waals surface area contributed by atoms with Crippen molar-refractivity contribution in [1.82, 2.24) is 14.7 Å². The van der Waals surface area contributed by atoms with Crippen LogP contribution in [0.4, 0.5) is 13.2 Å². The fraction of sp³-hybridized carbons (Fsp3) is 0.294. The smallest absolute Gasteiger partial charge is 0.434 e. The maximum absolute atomic E-state index is 13.0. The zero-order valence-corrected chi connectivity index (χ0v) is 19.7. The standard InChI is InChI=1S/C17H16ClF3N4O4S3/c1-30-8-29-11(26)7-23-13(12(18)14(22)17(19,20)21)16-24-15(25-31-16)9-4-3-5-10(6-9)32(2,27)28/h3-6,22-23H,7-8H2,1-2H3/b13-12+,22-14?. The van der Waals surface area contributed by atoms with Crippen LogP contribution in [0.25, 0.3) is 17.1 Å². The van der Waals surface area contributed by atoms with Crippen molar-refractivity contribution < 1.29 is 31.1 Å². The Labute approximate surface area is 194 Å². The molecule has 174 valence electrons. The molecular formula is C17H16ClF3N4O4S3. The second-order valence-electron chi connectivity index (χ2n) is 6.06. The third-order valence-corrected chi connectivity index (χ3v) is 6.20. The highest BCUT2D eigenvalue weighted by molar-refractivity contribution is 7.98. The summed E-state index contributed by atoms with van der Waals surface area (Å²) in [6.45, 7) is -0.532.